The molecule has 3 atom stereocenters. The van der Waals surface area contributed by atoms with Gasteiger partial charge >= 0.3 is 6.09 Å². The highest BCUT2D eigenvalue weighted by atomic mass is 16.6. The number of carbonyl (C=O) groups is 2. The topological polar surface area (TPSA) is 85.3 Å². The molecule has 0 aliphatic carbocycles. The number of aliphatic hydroxyl groups is 1. The van der Waals surface area contributed by atoms with Crippen molar-refractivity contribution < 1.29 is 28.9 Å². The van der Waals surface area contributed by atoms with Crippen LogP contribution in [0.25, 0.3) is 0 Å². The molecule has 0 aromatic heterocycles. The summed E-state index contributed by atoms with van der Waals surface area (Å²) in [5.74, 6) is 1.49. The Hall–Kier alpha value is -3.84. The zero-order valence-corrected chi connectivity index (χ0v) is 29.8. The lowest BCUT2D eigenvalue weighted by Gasteiger charge is -2.39. The fraction of sp³-hybridized carbons (Fsp3) is 0.500. The molecule has 7 nitrogen and oxygen atoms in total. The summed E-state index contributed by atoms with van der Waals surface area (Å²) >= 11 is 0. The van der Waals surface area contributed by atoms with Gasteiger partial charge in [-0.15, -0.1) is 0 Å². The number of hydrogen-bond donors (Lipinski definition) is 1. The normalized spacial score (nSPS) is 23.1. The minimum Gasteiger partial charge on any atom is -0.485 e. The summed E-state index contributed by atoms with van der Waals surface area (Å²) in [6.07, 6.45) is 3.16. The molecule has 2 amide bonds. The van der Waals surface area contributed by atoms with E-state index in [1.165, 1.54) is 55.0 Å². The van der Waals surface area contributed by atoms with Crippen molar-refractivity contribution in [3.8, 4) is 11.5 Å². The highest BCUT2D eigenvalue weighted by molar-refractivity contribution is 5.98. The molecule has 3 aromatic rings. The summed E-state index contributed by atoms with van der Waals surface area (Å²) in [6.45, 7) is 21.1. The minimum atomic E-state index is -1.09. The van der Waals surface area contributed by atoms with E-state index in [0.29, 0.717) is 12.8 Å². The van der Waals surface area contributed by atoms with Gasteiger partial charge in [0.2, 0.25) is 0 Å². The Morgan fingerprint density at radius 2 is 1.28 bits per heavy atom. The van der Waals surface area contributed by atoms with Crippen LogP contribution in [0.4, 0.5) is 4.79 Å². The minimum absolute atomic E-state index is 0.0812. The van der Waals surface area contributed by atoms with E-state index in [-0.39, 0.29) is 25.2 Å². The number of aliphatic hydroxyl groups excluding tert-OH is 1. The molecule has 7 heteroatoms. The molecule has 0 bridgehead atoms. The van der Waals surface area contributed by atoms with Crippen LogP contribution >= 0.6 is 0 Å². The maximum atomic E-state index is 13.6. The van der Waals surface area contributed by atoms with Crippen molar-refractivity contribution in [2.75, 3.05) is 13.2 Å². The Balaban J connectivity index is 0.000000216. The fourth-order valence-electron chi connectivity index (χ4n) is 7.18. The number of carbonyl (C=O) groups excluding carboxylic acids is 2. The van der Waals surface area contributed by atoms with Crippen LogP contribution in [0.2, 0.25) is 0 Å². The van der Waals surface area contributed by atoms with Gasteiger partial charge in [0, 0.05) is 6.42 Å². The molecular weight excluding hydrogens is 590 g/mol. The molecule has 3 heterocycles. The van der Waals surface area contributed by atoms with Crippen LogP contribution in [0.15, 0.2) is 30.3 Å². The molecule has 3 aliphatic rings. The number of amides is 2. The molecule has 252 valence electrons. The van der Waals surface area contributed by atoms with E-state index in [4.69, 9.17) is 14.2 Å². The van der Waals surface area contributed by atoms with E-state index >= 15 is 0 Å². The lowest BCUT2D eigenvalue weighted by molar-refractivity contribution is -0.146. The van der Waals surface area contributed by atoms with E-state index < -0.39 is 17.3 Å². The van der Waals surface area contributed by atoms with E-state index in [1.54, 1.807) is 6.92 Å². The Morgan fingerprint density at radius 1 is 0.766 bits per heavy atom. The largest absolute Gasteiger partial charge is 0.485 e. The third-order valence-electron chi connectivity index (χ3n) is 11.2. The van der Waals surface area contributed by atoms with Crippen molar-refractivity contribution in [3.05, 3.63) is 91.5 Å². The average molecular weight is 642 g/mol. The number of hydrogen-bond acceptors (Lipinski definition) is 6. The van der Waals surface area contributed by atoms with Crippen LogP contribution in [0.5, 0.6) is 11.5 Å². The van der Waals surface area contributed by atoms with Crippen LogP contribution in [0.3, 0.4) is 0 Å². The van der Waals surface area contributed by atoms with Gasteiger partial charge in [0.05, 0.1) is 12.6 Å². The Labute approximate surface area is 280 Å². The van der Waals surface area contributed by atoms with E-state index in [2.05, 4.69) is 48.5 Å². The summed E-state index contributed by atoms with van der Waals surface area (Å²) in [7, 11) is 0. The molecule has 1 N–H and O–H groups in total. The summed E-state index contributed by atoms with van der Waals surface area (Å²) < 4.78 is 17.7. The highest BCUT2D eigenvalue weighted by Crippen LogP contribution is 2.43. The van der Waals surface area contributed by atoms with Crippen molar-refractivity contribution in [3.63, 3.8) is 0 Å². The van der Waals surface area contributed by atoms with Crippen molar-refractivity contribution in [1.82, 2.24) is 4.90 Å². The first-order valence-corrected chi connectivity index (χ1v) is 16.8. The van der Waals surface area contributed by atoms with Gasteiger partial charge in [0.1, 0.15) is 23.7 Å². The quantitative estimate of drug-likeness (QED) is 0.316. The first kappa shape index (κ1) is 34.5. The molecular formula is C40H51NO6. The van der Waals surface area contributed by atoms with Gasteiger partial charge in [0.25, 0.3) is 5.91 Å². The molecule has 3 aliphatic heterocycles. The van der Waals surface area contributed by atoms with Gasteiger partial charge in [0.15, 0.2) is 5.60 Å². The Morgan fingerprint density at radius 3 is 1.83 bits per heavy atom. The maximum absolute atomic E-state index is 13.6. The second kappa shape index (κ2) is 13.0. The van der Waals surface area contributed by atoms with Crippen LogP contribution in [0, 0.1) is 55.4 Å². The second-order valence-corrected chi connectivity index (χ2v) is 14.3. The summed E-state index contributed by atoms with van der Waals surface area (Å²) in [5, 5.41) is 9.43. The lowest BCUT2D eigenvalue weighted by atomic mass is 9.84. The zero-order chi connectivity index (χ0) is 34.4. The number of benzene rings is 3. The number of rotatable bonds is 4. The summed E-state index contributed by atoms with van der Waals surface area (Å²) in [6, 6.07) is 9.53. The number of ether oxygens (including phenoxy) is 3. The maximum Gasteiger partial charge on any atom is 0.417 e. The van der Waals surface area contributed by atoms with Gasteiger partial charge in [-0.3, -0.25) is 4.79 Å². The predicted molar refractivity (Wildman–Crippen MR) is 185 cm³/mol. The lowest BCUT2D eigenvalue weighted by Crippen LogP contribution is -2.55. The molecule has 0 unspecified atom stereocenters. The van der Waals surface area contributed by atoms with Crippen LogP contribution in [-0.4, -0.2) is 52.5 Å². The highest BCUT2D eigenvalue weighted by Gasteiger charge is 2.49. The zero-order valence-electron chi connectivity index (χ0n) is 29.8. The van der Waals surface area contributed by atoms with Crippen molar-refractivity contribution in [2.24, 2.45) is 0 Å². The van der Waals surface area contributed by atoms with Crippen LogP contribution < -0.4 is 9.47 Å². The summed E-state index contributed by atoms with van der Waals surface area (Å²) in [4.78, 5) is 27.4. The standard InChI is InChI=1S/C25H29NO4.C15H22O2/c1-15-16(2)18(4)22-21(17(15)3)11-12-25(5,30-22)23(27)26-20(14-29-24(26)28)13-19-9-7-6-8-10-19;1-9-10(2)12(4)14-13(11(9)3)6-7-15(5,8-16)17-14/h6-10,20H,11-14H2,1-5H3;16H,6-8H2,1-5H3/t20-,25-;15-/m00/s1. The second-order valence-electron chi connectivity index (χ2n) is 14.3. The number of nitrogens with zero attached hydrogens (tertiary/aromatic N) is 1. The third kappa shape index (κ3) is 6.27. The van der Waals surface area contributed by atoms with Crippen molar-refractivity contribution in [2.45, 2.75) is 119 Å². The number of fused-ring (bicyclic) bond motifs is 2. The number of imide groups is 1. The Bertz CT molecular complexity index is 1710. The first-order valence-electron chi connectivity index (χ1n) is 16.8. The molecule has 47 heavy (non-hydrogen) atoms. The Kier molecular flexibility index (Phi) is 9.53. The van der Waals surface area contributed by atoms with Gasteiger partial charge < -0.3 is 19.3 Å². The molecule has 1 saturated heterocycles. The van der Waals surface area contributed by atoms with Gasteiger partial charge in [-0.05, 0) is 156 Å². The molecule has 0 saturated carbocycles. The average Bonchev–Trinajstić information content (AvgIpc) is 3.43. The first-order chi connectivity index (χ1) is 22.1. The molecule has 1 fully saturated rings. The van der Waals surface area contributed by atoms with Crippen LogP contribution in [0.1, 0.15) is 87.9 Å². The fourth-order valence-corrected chi connectivity index (χ4v) is 7.18. The molecule has 6 rings (SSSR count). The van der Waals surface area contributed by atoms with E-state index in [0.717, 1.165) is 41.9 Å². The van der Waals surface area contributed by atoms with E-state index in [9.17, 15) is 14.7 Å². The molecule has 0 spiro atoms. The third-order valence-corrected chi connectivity index (χ3v) is 11.2. The van der Waals surface area contributed by atoms with Gasteiger partial charge in [-0.25, -0.2) is 9.69 Å². The SMILES string of the molecule is Cc1c(C)c(C)c2c(c1C)CC[C@@](C)(C(=O)N1C(=O)OC[C@@H]1Cc1ccccc1)O2.Cc1c(C)c(C)c2c(c1C)CC[C@@](C)(CO)O2. The van der Waals surface area contributed by atoms with Crippen molar-refractivity contribution in [1.29, 1.82) is 0 Å². The predicted octanol–water partition coefficient (Wildman–Crippen LogP) is 7.59. The van der Waals surface area contributed by atoms with Gasteiger partial charge in [-0.1, -0.05) is 30.3 Å². The van der Waals surface area contributed by atoms with Gasteiger partial charge in [-0.2, -0.15) is 0 Å². The smallest absolute Gasteiger partial charge is 0.417 e. The van der Waals surface area contributed by atoms with E-state index in [1.807, 2.05) is 44.2 Å². The van der Waals surface area contributed by atoms with Crippen LogP contribution in [-0.2, 0) is 28.8 Å². The van der Waals surface area contributed by atoms with Crippen molar-refractivity contribution >= 4 is 12.0 Å². The monoisotopic (exact) mass is 641 g/mol. The molecule has 3 aromatic carbocycles. The summed E-state index contributed by atoms with van der Waals surface area (Å²) in [5.41, 5.74) is 12.1. The molecule has 0 radical (unpaired) electrons. The number of cyclic esters (lactones) is 1.